The van der Waals surface area contributed by atoms with Crippen molar-refractivity contribution in [1.82, 2.24) is 0 Å². The van der Waals surface area contributed by atoms with Gasteiger partial charge in [0.1, 0.15) is 0 Å². The van der Waals surface area contributed by atoms with Crippen LogP contribution in [0.15, 0.2) is 12.1 Å². The molecule has 8 heteroatoms. The van der Waals surface area contributed by atoms with E-state index in [0.29, 0.717) is 6.07 Å². The van der Waals surface area contributed by atoms with E-state index in [1.807, 2.05) is 0 Å². The van der Waals surface area contributed by atoms with Gasteiger partial charge in [-0.1, -0.05) is 0 Å². The highest BCUT2D eigenvalue weighted by atomic mass is 19.4. The summed E-state index contributed by atoms with van der Waals surface area (Å²) in [6.07, 6.45) is -9.83. The van der Waals surface area contributed by atoms with E-state index in [2.05, 4.69) is 0 Å². The number of nitrogen functional groups attached to an aromatic ring is 1. The molecular formula is C9H8F6N2. The molecule has 0 fully saturated rings. The van der Waals surface area contributed by atoms with Crippen molar-refractivity contribution in [2.75, 3.05) is 5.73 Å². The van der Waals surface area contributed by atoms with Gasteiger partial charge in [-0.3, -0.25) is 0 Å². The molecule has 0 amide bonds. The minimum atomic E-state index is -4.95. The maximum Gasteiger partial charge on any atom is 0.418 e. The van der Waals surface area contributed by atoms with Gasteiger partial charge in [-0.25, -0.2) is 0 Å². The van der Waals surface area contributed by atoms with Crippen molar-refractivity contribution in [3.63, 3.8) is 0 Å². The zero-order chi connectivity index (χ0) is 13.4. The lowest BCUT2D eigenvalue weighted by Crippen LogP contribution is -2.16. The van der Waals surface area contributed by atoms with Crippen LogP contribution >= 0.6 is 0 Å². The van der Waals surface area contributed by atoms with Gasteiger partial charge in [-0.05, 0) is 17.7 Å². The van der Waals surface area contributed by atoms with Crippen molar-refractivity contribution in [1.29, 1.82) is 0 Å². The van der Waals surface area contributed by atoms with Crippen LogP contribution < -0.4 is 11.5 Å². The molecule has 0 bridgehead atoms. The Hall–Kier alpha value is -1.44. The molecule has 0 aliphatic rings. The normalized spacial score (nSPS) is 12.9. The van der Waals surface area contributed by atoms with Crippen molar-refractivity contribution in [2.45, 2.75) is 18.9 Å². The second kappa shape index (κ2) is 4.10. The highest BCUT2D eigenvalue weighted by Gasteiger charge is 2.38. The Kier molecular flexibility index (Phi) is 3.28. The average Bonchev–Trinajstić information content (AvgIpc) is 2.14. The molecule has 0 heterocycles. The summed E-state index contributed by atoms with van der Waals surface area (Å²) in [6.45, 7) is -0.501. The molecule has 0 saturated heterocycles. The van der Waals surface area contributed by atoms with Crippen LogP contribution in [0.1, 0.15) is 16.7 Å². The number of hydrogen-bond acceptors (Lipinski definition) is 2. The third kappa shape index (κ3) is 2.82. The molecule has 0 radical (unpaired) electrons. The second-order valence-corrected chi connectivity index (χ2v) is 3.30. The van der Waals surface area contributed by atoms with Gasteiger partial charge in [0.05, 0.1) is 11.1 Å². The van der Waals surface area contributed by atoms with Crippen LogP contribution in [0, 0.1) is 0 Å². The SMILES string of the molecule is NCc1cc(C(F)(F)F)cc(C(F)(F)F)c1N. The predicted octanol–water partition coefficient (Wildman–Crippen LogP) is 2.77. The summed E-state index contributed by atoms with van der Waals surface area (Å²) in [5, 5.41) is 0. The van der Waals surface area contributed by atoms with Crippen molar-refractivity contribution >= 4 is 5.69 Å². The zero-order valence-electron chi connectivity index (χ0n) is 8.28. The minimum Gasteiger partial charge on any atom is -0.398 e. The highest BCUT2D eigenvalue weighted by molar-refractivity contribution is 5.57. The Labute approximate surface area is 92.2 Å². The Balaban J connectivity index is 3.50. The predicted molar refractivity (Wildman–Crippen MR) is 48.7 cm³/mol. The van der Waals surface area contributed by atoms with E-state index in [-0.39, 0.29) is 11.6 Å². The Morgan fingerprint density at radius 1 is 0.941 bits per heavy atom. The lowest BCUT2D eigenvalue weighted by atomic mass is 10.0. The summed E-state index contributed by atoms with van der Waals surface area (Å²) in [5.74, 6) is 0. The quantitative estimate of drug-likeness (QED) is 0.601. The van der Waals surface area contributed by atoms with E-state index in [1.165, 1.54) is 0 Å². The fourth-order valence-electron chi connectivity index (χ4n) is 1.28. The molecule has 17 heavy (non-hydrogen) atoms. The van der Waals surface area contributed by atoms with Crippen LogP contribution in [-0.4, -0.2) is 0 Å². The number of benzene rings is 1. The van der Waals surface area contributed by atoms with Gasteiger partial charge in [0.15, 0.2) is 0 Å². The van der Waals surface area contributed by atoms with Crippen molar-refractivity contribution < 1.29 is 26.3 Å². The largest absolute Gasteiger partial charge is 0.418 e. The smallest absolute Gasteiger partial charge is 0.398 e. The standard InChI is InChI=1S/C9H8F6N2/c10-8(11,12)5-1-4(3-16)7(17)6(2-5)9(13,14)15/h1-2H,3,16-17H2. The van der Waals surface area contributed by atoms with E-state index >= 15 is 0 Å². The summed E-state index contributed by atoms with van der Waals surface area (Å²) >= 11 is 0. The Bertz CT molecular complexity index is 421. The third-order valence-electron chi connectivity index (χ3n) is 2.12. The molecule has 1 rings (SSSR count). The van der Waals surface area contributed by atoms with Gasteiger partial charge in [0.25, 0.3) is 0 Å². The van der Waals surface area contributed by atoms with Gasteiger partial charge < -0.3 is 11.5 Å². The van der Waals surface area contributed by atoms with Crippen LogP contribution in [0.5, 0.6) is 0 Å². The topological polar surface area (TPSA) is 52.0 Å². The molecule has 0 aliphatic carbocycles. The molecular weight excluding hydrogens is 250 g/mol. The summed E-state index contributed by atoms with van der Waals surface area (Å²) in [4.78, 5) is 0. The first-order chi connectivity index (χ1) is 7.57. The maximum absolute atomic E-state index is 12.4. The van der Waals surface area contributed by atoms with Gasteiger partial charge in [0.2, 0.25) is 0 Å². The number of anilines is 1. The second-order valence-electron chi connectivity index (χ2n) is 3.30. The van der Waals surface area contributed by atoms with Crippen LogP contribution in [0.3, 0.4) is 0 Å². The monoisotopic (exact) mass is 258 g/mol. The number of hydrogen-bond donors (Lipinski definition) is 2. The molecule has 4 N–H and O–H groups in total. The third-order valence-corrected chi connectivity index (χ3v) is 2.12. The maximum atomic E-state index is 12.4. The van der Waals surface area contributed by atoms with Crippen LogP contribution in [-0.2, 0) is 18.9 Å². The number of halogens is 6. The van der Waals surface area contributed by atoms with E-state index in [0.717, 1.165) is 0 Å². The minimum absolute atomic E-state index is 0.0194. The first kappa shape index (κ1) is 13.6. The zero-order valence-corrected chi connectivity index (χ0v) is 8.28. The first-order valence-electron chi connectivity index (χ1n) is 4.34. The van der Waals surface area contributed by atoms with Crippen molar-refractivity contribution in [2.24, 2.45) is 5.73 Å². The fraction of sp³-hybridized carbons (Fsp3) is 0.333. The van der Waals surface area contributed by atoms with Crippen LogP contribution in [0.2, 0.25) is 0 Å². The lowest BCUT2D eigenvalue weighted by Gasteiger charge is -2.16. The van der Waals surface area contributed by atoms with E-state index in [4.69, 9.17) is 11.5 Å². The molecule has 0 unspecified atom stereocenters. The Morgan fingerprint density at radius 3 is 1.82 bits per heavy atom. The van der Waals surface area contributed by atoms with Crippen LogP contribution in [0.25, 0.3) is 0 Å². The van der Waals surface area contributed by atoms with Crippen molar-refractivity contribution in [3.8, 4) is 0 Å². The van der Waals surface area contributed by atoms with Gasteiger partial charge in [0, 0.05) is 12.2 Å². The molecule has 96 valence electrons. The van der Waals surface area contributed by atoms with E-state index in [1.54, 1.807) is 0 Å². The first-order valence-corrected chi connectivity index (χ1v) is 4.34. The molecule has 0 atom stereocenters. The number of alkyl halides is 6. The molecule has 0 aromatic heterocycles. The highest BCUT2D eigenvalue weighted by Crippen LogP contribution is 2.39. The summed E-state index contributed by atoms with van der Waals surface area (Å²) in [6, 6.07) is 0.499. The average molecular weight is 258 g/mol. The molecule has 2 nitrogen and oxygen atoms in total. The fourth-order valence-corrected chi connectivity index (χ4v) is 1.28. The molecule has 0 saturated carbocycles. The summed E-state index contributed by atoms with van der Waals surface area (Å²) in [5.41, 5.74) is 6.09. The van der Waals surface area contributed by atoms with Gasteiger partial charge >= 0.3 is 12.4 Å². The number of nitrogens with two attached hydrogens (primary N) is 2. The molecule has 1 aromatic rings. The molecule has 1 aromatic carbocycles. The van der Waals surface area contributed by atoms with Gasteiger partial charge in [-0.2, -0.15) is 26.3 Å². The molecule has 0 aliphatic heterocycles. The summed E-state index contributed by atoms with van der Waals surface area (Å²) < 4.78 is 74.4. The van der Waals surface area contributed by atoms with Gasteiger partial charge in [-0.15, -0.1) is 0 Å². The van der Waals surface area contributed by atoms with E-state index < -0.39 is 35.7 Å². The summed E-state index contributed by atoms with van der Waals surface area (Å²) in [7, 11) is 0. The van der Waals surface area contributed by atoms with Crippen molar-refractivity contribution in [3.05, 3.63) is 28.8 Å². The molecule has 0 spiro atoms. The number of rotatable bonds is 1. The Morgan fingerprint density at radius 2 is 1.47 bits per heavy atom. The lowest BCUT2D eigenvalue weighted by molar-refractivity contribution is -0.142. The van der Waals surface area contributed by atoms with Crippen LogP contribution in [0.4, 0.5) is 32.0 Å². The van der Waals surface area contributed by atoms with E-state index in [9.17, 15) is 26.3 Å².